The zero-order valence-electron chi connectivity index (χ0n) is 15.4. The summed E-state index contributed by atoms with van der Waals surface area (Å²) in [6.45, 7) is 0.546. The predicted octanol–water partition coefficient (Wildman–Crippen LogP) is 3.84. The molecule has 4 rings (SSSR count). The summed E-state index contributed by atoms with van der Waals surface area (Å²) < 4.78 is 45.6. The van der Waals surface area contributed by atoms with Gasteiger partial charge >= 0.3 is 0 Å². The molecule has 0 radical (unpaired) electrons. The van der Waals surface area contributed by atoms with E-state index in [1.165, 1.54) is 30.5 Å². The van der Waals surface area contributed by atoms with E-state index in [1.807, 2.05) is 34.9 Å². The normalized spacial score (nSPS) is 11.6. The minimum Gasteiger partial charge on any atom is -0.444 e. The van der Waals surface area contributed by atoms with Crippen LogP contribution in [0.4, 0.5) is 4.39 Å². The summed E-state index contributed by atoms with van der Waals surface area (Å²) in [4.78, 5) is 8.42. The Bertz CT molecular complexity index is 1200. The Kier molecular flexibility index (Phi) is 5.26. The second-order valence-corrected chi connectivity index (χ2v) is 8.70. The van der Waals surface area contributed by atoms with Crippen LogP contribution in [0.15, 0.2) is 77.7 Å². The molecule has 0 spiro atoms. The molecule has 0 N–H and O–H groups in total. The molecular weight excluding hydrogens is 393 g/mol. The van der Waals surface area contributed by atoms with Gasteiger partial charge in [-0.2, -0.15) is 0 Å². The number of halogens is 1. The molecular formula is C21H18FN3O3S. The first-order valence-corrected chi connectivity index (χ1v) is 10.8. The average Bonchev–Trinajstić information content (AvgIpc) is 3.32. The standard InChI is InChI=1S/C21H18FN3O3S/c22-18-8-6-17(7-9-18)21-24-19(13-28-21)14-29(26,27)15-20-23-10-11-25(20)12-16-4-2-1-3-5-16/h1-11,13H,12,14-15H2. The van der Waals surface area contributed by atoms with Crippen LogP contribution in [0.25, 0.3) is 11.5 Å². The van der Waals surface area contributed by atoms with Gasteiger partial charge in [-0.1, -0.05) is 30.3 Å². The Balaban J connectivity index is 1.47. The second kappa shape index (κ2) is 8.00. The number of benzene rings is 2. The highest BCUT2D eigenvalue weighted by Crippen LogP contribution is 2.20. The summed E-state index contributed by atoms with van der Waals surface area (Å²) in [6, 6.07) is 15.4. The molecule has 0 amide bonds. The van der Waals surface area contributed by atoms with Gasteiger partial charge in [-0.25, -0.2) is 22.8 Å². The van der Waals surface area contributed by atoms with E-state index in [-0.39, 0.29) is 23.2 Å². The highest BCUT2D eigenvalue weighted by molar-refractivity contribution is 7.89. The van der Waals surface area contributed by atoms with Crippen molar-refractivity contribution in [2.75, 3.05) is 0 Å². The van der Waals surface area contributed by atoms with Gasteiger partial charge in [-0.05, 0) is 29.8 Å². The van der Waals surface area contributed by atoms with Crippen LogP contribution in [0.1, 0.15) is 17.1 Å². The third-order valence-electron chi connectivity index (χ3n) is 4.36. The van der Waals surface area contributed by atoms with E-state index in [9.17, 15) is 12.8 Å². The van der Waals surface area contributed by atoms with E-state index < -0.39 is 9.84 Å². The molecule has 0 fully saturated rings. The predicted molar refractivity (Wildman–Crippen MR) is 106 cm³/mol. The number of hydrogen-bond acceptors (Lipinski definition) is 5. The van der Waals surface area contributed by atoms with Crippen molar-refractivity contribution < 1.29 is 17.2 Å². The first-order valence-electron chi connectivity index (χ1n) is 8.93. The Morgan fingerprint density at radius 3 is 2.52 bits per heavy atom. The molecule has 2 heterocycles. The van der Waals surface area contributed by atoms with Crippen molar-refractivity contribution in [3.05, 3.63) is 96.2 Å². The maximum absolute atomic E-state index is 13.0. The van der Waals surface area contributed by atoms with Crippen molar-refractivity contribution in [2.45, 2.75) is 18.1 Å². The largest absolute Gasteiger partial charge is 0.444 e. The highest BCUT2D eigenvalue weighted by Gasteiger charge is 2.19. The molecule has 0 atom stereocenters. The molecule has 29 heavy (non-hydrogen) atoms. The Labute approximate surface area is 167 Å². The van der Waals surface area contributed by atoms with Crippen LogP contribution in [0.3, 0.4) is 0 Å². The Morgan fingerprint density at radius 2 is 1.76 bits per heavy atom. The van der Waals surface area contributed by atoms with E-state index in [2.05, 4.69) is 9.97 Å². The number of imidazole rings is 1. The van der Waals surface area contributed by atoms with Crippen molar-refractivity contribution in [1.29, 1.82) is 0 Å². The molecule has 0 aliphatic carbocycles. The smallest absolute Gasteiger partial charge is 0.226 e. The van der Waals surface area contributed by atoms with E-state index in [0.29, 0.717) is 23.6 Å². The third-order valence-corrected chi connectivity index (χ3v) is 5.79. The van der Waals surface area contributed by atoms with Crippen LogP contribution in [0.2, 0.25) is 0 Å². The summed E-state index contributed by atoms with van der Waals surface area (Å²) in [5.74, 6) is -0.118. The topological polar surface area (TPSA) is 78.0 Å². The van der Waals surface area contributed by atoms with E-state index >= 15 is 0 Å². The van der Waals surface area contributed by atoms with Gasteiger partial charge in [0.25, 0.3) is 0 Å². The van der Waals surface area contributed by atoms with Crippen LogP contribution < -0.4 is 0 Å². The monoisotopic (exact) mass is 411 g/mol. The molecule has 2 aromatic heterocycles. The molecule has 0 saturated heterocycles. The van der Waals surface area contributed by atoms with E-state index in [0.717, 1.165) is 5.56 Å². The van der Waals surface area contributed by atoms with Crippen LogP contribution in [0.5, 0.6) is 0 Å². The first kappa shape index (κ1) is 19.1. The Hall–Kier alpha value is -3.26. The lowest BCUT2D eigenvalue weighted by Crippen LogP contribution is -2.13. The molecule has 4 aromatic rings. The van der Waals surface area contributed by atoms with Crippen molar-refractivity contribution >= 4 is 9.84 Å². The minimum absolute atomic E-state index is 0.203. The van der Waals surface area contributed by atoms with Gasteiger partial charge in [-0.15, -0.1) is 0 Å². The van der Waals surface area contributed by atoms with Crippen LogP contribution in [0, 0.1) is 5.82 Å². The minimum atomic E-state index is -3.51. The van der Waals surface area contributed by atoms with Gasteiger partial charge < -0.3 is 8.98 Å². The lowest BCUT2D eigenvalue weighted by Gasteiger charge is -2.08. The third kappa shape index (κ3) is 4.78. The van der Waals surface area contributed by atoms with Crippen molar-refractivity contribution in [1.82, 2.24) is 14.5 Å². The van der Waals surface area contributed by atoms with Crippen molar-refractivity contribution in [2.24, 2.45) is 0 Å². The number of hydrogen-bond donors (Lipinski definition) is 0. The molecule has 8 heteroatoms. The molecule has 0 aliphatic heterocycles. The lowest BCUT2D eigenvalue weighted by molar-refractivity contribution is 0.571. The number of rotatable bonds is 7. The van der Waals surface area contributed by atoms with Crippen LogP contribution in [-0.4, -0.2) is 23.0 Å². The SMILES string of the molecule is O=S(=O)(Cc1coc(-c2ccc(F)cc2)n1)Cc1nccn1Cc1ccccc1. The number of sulfone groups is 1. The molecule has 148 valence electrons. The molecule has 2 aromatic carbocycles. The van der Waals surface area contributed by atoms with Gasteiger partial charge in [-0.3, -0.25) is 0 Å². The zero-order chi connectivity index (χ0) is 20.3. The maximum atomic E-state index is 13.0. The molecule has 0 saturated carbocycles. The van der Waals surface area contributed by atoms with E-state index in [4.69, 9.17) is 4.42 Å². The van der Waals surface area contributed by atoms with Crippen molar-refractivity contribution in [3.63, 3.8) is 0 Å². The fraction of sp³-hybridized carbons (Fsp3) is 0.143. The van der Waals surface area contributed by atoms with Gasteiger partial charge in [0.1, 0.15) is 23.7 Å². The average molecular weight is 411 g/mol. The highest BCUT2D eigenvalue weighted by atomic mass is 32.2. The summed E-state index contributed by atoms with van der Waals surface area (Å²) in [5, 5.41) is 0. The quantitative estimate of drug-likeness (QED) is 0.462. The molecule has 0 bridgehead atoms. The zero-order valence-corrected chi connectivity index (χ0v) is 16.2. The molecule has 0 unspecified atom stereocenters. The summed E-state index contributed by atoms with van der Waals surface area (Å²) in [5.41, 5.74) is 1.93. The summed E-state index contributed by atoms with van der Waals surface area (Å²) in [7, 11) is -3.51. The summed E-state index contributed by atoms with van der Waals surface area (Å²) in [6.07, 6.45) is 4.67. The maximum Gasteiger partial charge on any atom is 0.226 e. The molecule has 6 nitrogen and oxygen atoms in total. The summed E-state index contributed by atoms with van der Waals surface area (Å²) >= 11 is 0. The fourth-order valence-electron chi connectivity index (χ4n) is 2.98. The first-order chi connectivity index (χ1) is 14.0. The van der Waals surface area contributed by atoms with Crippen LogP contribution >= 0.6 is 0 Å². The van der Waals surface area contributed by atoms with Gasteiger partial charge in [0.05, 0.1) is 11.4 Å². The number of oxazole rings is 1. The Morgan fingerprint density at radius 1 is 1.00 bits per heavy atom. The molecule has 0 aliphatic rings. The van der Waals surface area contributed by atoms with Crippen molar-refractivity contribution in [3.8, 4) is 11.5 Å². The second-order valence-electron chi connectivity index (χ2n) is 6.64. The fourth-order valence-corrected chi connectivity index (χ4v) is 4.29. The van der Waals surface area contributed by atoms with E-state index in [1.54, 1.807) is 12.4 Å². The van der Waals surface area contributed by atoms with Gasteiger partial charge in [0.15, 0.2) is 9.84 Å². The number of nitrogens with zero attached hydrogens (tertiary/aromatic N) is 3. The van der Waals surface area contributed by atoms with Gasteiger partial charge in [0, 0.05) is 24.5 Å². The lowest BCUT2D eigenvalue weighted by atomic mass is 10.2. The number of aromatic nitrogens is 3. The van der Waals surface area contributed by atoms with Crippen LogP contribution in [-0.2, 0) is 27.9 Å². The van der Waals surface area contributed by atoms with Gasteiger partial charge in [0.2, 0.25) is 5.89 Å².